The van der Waals surface area contributed by atoms with E-state index in [0.717, 1.165) is 27.8 Å². The Bertz CT molecular complexity index is 956. The Labute approximate surface area is 138 Å². The molecule has 4 rings (SSSR count). The molecular formula is C21H14F2O. The molecule has 0 bridgehead atoms. The number of aromatic hydroxyl groups is 1. The first kappa shape index (κ1) is 14.6. The molecule has 0 spiro atoms. The maximum Gasteiger partial charge on any atom is 0.123 e. The van der Waals surface area contributed by atoms with E-state index in [1.165, 1.54) is 24.3 Å². The minimum Gasteiger partial charge on any atom is -0.508 e. The highest BCUT2D eigenvalue weighted by molar-refractivity contribution is 5.94. The average molecular weight is 320 g/mol. The first-order chi connectivity index (χ1) is 11.6. The molecule has 3 aromatic rings. The maximum absolute atomic E-state index is 13.7. The maximum atomic E-state index is 13.7. The van der Waals surface area contributed by atoms with Gasteiger partial charge < -0.3 is 5.11 Å². The van der Waals surface area contributed by atoms with Crippen molar-refractivity contribution in [3.63, 3.8) is 0 Å². The summed E-state index contributed by atoms with van der Waals surface area (Å²) < 4.78 is 27.4. The second-order valence-electron chi connectivity index (χ2n) is 5.93. The number of halogens is 2. The Balaban J connectivity index is 1.90. The van der Waals surface area contributed by atoms with Crippen molar-refractivity contribution in [1.29, 1.82) is 0 Å². The third-order valence-corrected chi connectivity index (χ3v) is 4.30. The summed E-state index contributed by atoms with van der Waals surface area (Å²) in [6.45, 7) is 0. The van der Waals surface area contributed by atoms with Crippen LogP contribution in [0, 0.1) is 11.6 Å². The van der Waals surface area contributed by atoms with Crippen molar-refractivity contribution in [2.24, 2.45) is 0 Å². The zero-order valence-electron chi connectivity index (χ0n) is 12.8. The number of rotatable bonds is 1. The molecule has 24 heavy (non-hydrogen) atoms. The lowest BCUT2D eigenvalue weighted by Gasteiger charge is -2.23. The molecule has 1 aliphatic rings. The number of phenolic OH excluding ortho intramolecular Hbond substituents is 1. The Morgan fingerprint density at radius 3 is 2.17 bits per heavy atom. The Hall–Kier alpha value is -2.94. The van der Waals surface area contributed by atoms with Crippen LogP contribution in [0.3, 0.4) is 0 Å². The first-order valence-corrected chi connectivity index (χ1v) is 7.68. The van der Waals surface area contributed by atoms with E-state index < -0.39 is 0 Å². The van der Waals surface area contributed by atoms with E-state index >= 15 is 0 Å². The molecule has 0 unspecified atom stereocenters. The van der Waals surface area contributed by atoms with Gasteiger partial charge in [0.05, 0.1) is 0 Å². The molecule has 0 heterocycles. The van der Waals surface area contributed by atoms with Crippen LogP contribution in [-0.2, 0) is 6.42 Å². The molecule has 1 nitrogen and oxygen atoms in total. The van der Waals surface area contributed by atoms with Crippen LogP contribution in [-0.4, -0.2) is 5.11 Å². The second kappa shape index (κ2) is 5.60. The fraction of sp³-hybridized carbons (Fsp3) is 0.0476. The van der Waals surface area contributed by atoms with Crippen molar-refractivity contribution < 1.29 is 13.9 Å². The van der Waals surface area contributed by atoms with Crippen LogP contribution in [0.5, 0.6) is 5.75 Å². The van der Waals surface area contributed by atoms with Crippen LogP contribution in [0.25, 0.3) is 22.8 Å². The second-order valence-corrected chi connectivity index (χ2v) is 5.93. The van der Waals surface area contributed by atoms with Gasteiger partial charge in [-0.1, -0.05) is 30.3 Å². The van der Waals surface area contributed by atoms with Gasteiger partial charge in [-0.3, -0.25) is 0 Å². The molecule has 0 aliphatic heterocycles. The smallest absolute Gasteiger partial charge is 0.123 e. The fourth-order valence-electron chi connectivity index (χ4n) is 3.17. The molecule has 0 atom stereocenters. The fourth-order valence-corrected chi connectivity index (χ4v) is 3.17. The third-order valence-electron chi connectivity index (χ3n) is 4.30. The molecule has 0 saturated carbocycles. The molecule has 118 valence electrons. The largest absolute Gasteiger partial charge is 0.508 e. The minimum atomic E-state index is -0.338. The average Bonchev–Trinajstić information content (AvgIpc) is 2.57. The van der Waals surface area contributed by atoms with E-state index in [0.29, 0.717) is 12.0 Å². The normalized spacial score (nSPS) is 14.3. The van der Waals surface area contributed by atoms with Crippen LogP contribution in [0.1, 0.15) is 16.7 Å². The molecule has 3 heteroatoms. The lowest BCUT2D eigenvalue weighted by Crippen LogP contribution is -2.04. The van der Waals surface area contributed by atoms with Crippen LogP contribution >= 0.6 is 0 Å². The van der Waals surface area contributed by atoms with Gasteiger partial charge in [0.25, 0.3) is 0 Å². The quantitative estimate of drug-likeness (QED) is 0.633. The van der Waals surface area contributed by atoms with Gasteiger partial charge in [-0.2, -0.15) is 0 Å². The summed E-state index contributed by atoms with van der Waals surface area (Å²) in [5, 5.41) is 9.41. The summed E-state index contributed by atoms with van der Waals surface area (Å²) in [5.74, 6) is -0.450. The zero-order valence-corrected chi connectivity index (χ0v) is 12.8. The van der Waals surface area contributed by atoms with Crippen molar-refractivity contribution in [3.05, 3.63) is 89.0 Å². The first-order valence-electron chi connectivity index (χ1n) is 7.68. The van der Waals surface area contributed by atoms with E-state index in [9.17, 15) is 13.9 Å². The molecule has 3 aromatic carbocycles. The van der Waals surface area contributed by atoms with Gasteiger partial charge in [0.1, 0.15) is 17.4 Å². The van der Waals surface area contributed by atoms with Gasteiger partial charge in [0.15, 0.2) is 0 Å². The topological polar surface area (TPSA) is 20.2 Å². The lowest BCUT2D eigenvalue weighted by atomic mass is 9.81. The lowest BCUT2D eigenvalue weighted by molar-refractivity contribution is 0.475. The number of fused-ring (bicyclic) bond motifs is 3. The van der Waals surface area contributed by atoms with Crippen LogP contribution in [0.2, 0.25) is 0 Å². The number of hydrogen-bond acceptors (Lipinski definition) is 1. The molecule has 0 radical (unpaired) electrons. The minimum absolute atomic E-state index is 0.212. The van der Waals surface area contributed by atoms with Gasteiger partial charge in [-0.15, -0.1) is 0 Å². The molecule has 0 saturated heterocycles. The Kier molecular flexibility index (Phi) is 3.42. The van der Waals surface area contributed by atoms with Crippen molar-refractivity contribution in [3.8, 4) is 16.9 Å². The molecule has 1 N–H and O–H groups in total. The summed E-state index contributed by atoms with van der Waals surface area (Å²) in [7, 11) is 0. The molecule has 1 aliphatic carbocycles. The predicted octanol–water partition coefficient (Wildman–Crippen LogP) is 5.43. The monoisotopic (exact) mass is 320 g/mol. The summed E-state index contributed by atoms with van der Waals surface area (Å²) in [6, 6.07) is 16.2. The van der Waals surface area contributed by atoms with Crippen molar-refractivity contribution in [1.82, 2.24) is 0 Å². The van der Waals surface area contributed by atoms with E-state index in [1.54, 1.807) is 24.3 Å². The van der Waals surface area contributed by atoms with Crippen molar-refractivity contribution in [2.75, 3.05) is 0 Å². The van der Waals surface area contributed by atoms with Gasteiger partial charge in [0, 0.05) is 0 Å². The van der Waals surface area contributed by atoms with E-state index in [-0.39, 0.29) is 17.4 Å². The summed E-state index contributed by atoms with van der Waals surface area (Å²) in [5.41, 5.74) is 5.31. The highest BCUT2D eigenvalue weighted by atomic mass is 19.1. The number of allylic oxidation sites excluding steroid dienone is 1. The standard InChI is InChI=1S/C21H14F2O/c22-16-4-3-14-10-15(9-13-1-6-18(24)7-2-13)19-8-5-17(23)12-21(19)20(14)11-16/h1-9,11-12,24H,10H2/b15-9-. The van der Waals surface area contributed by atoms with Crippen LogP contribution < -0.4 is 0 Å². The van der Waals surface area contributed by atoms with E-state index in [1.807, 2.05) is 18.2 Å². The molecular weight excluding hydrogens is 306 g/mol. The summed E-state index contributed by atoms with van der Waals surface area (Å²) in [6.07, 6.45) is 2.66. The number of phenols is 1. The van der Waals surface area contributed by atoms with Gasteiger partial charge >= 0.3 is 0 Å². The predicted molar refractivity (Wildman–Crippen MR) is 91.5 cm³/mol. The van der Waals surface area contributed by atoms with E-state index in [4.69, 9.17) is 0 Å². The highest BCUT2D eigenvalue weighted by Gasteiger charge is 2.21. The van der Waals surface area contributed by atoms with Gasteiger partial charge in [-0.25, -0.2) is 8.78 Å². The highest BCUT2D eigenvalue weighted by Crippen LogP contribution is 2.40. The van der Waals surface area contributed by atoms with Gasteiger partial charge in [0.2, 0.25) is 0 Å². The Morgan fingerprint density at radius 2 is 1.42 bits per heavy atom. The van der Waals surface area contributed by atoms with Crippen molar-refractivity contribution in [2.45, 2.75) is 6.42 Å². The molecule has 0 aromatic heterocycles. The van der Waals surface area contributed by atoms with Crippen LogP contribution in [0.15, 0.2) is 60.7 Å². The van der Waals surface area contributed by atoms with Crippen molar-refractivity contribution >= 4 is 11.6 Å². The SMILES string of the molecule is Oc1ccc(/C=C2/Cc3ccc(F)cc3-c3cc(F)ccc32)cc1. The summed E-state index contributed by atoms with van der Waals surface area (Å²) >= 11 is 0. The third kappa shape index (κ3) is 2.58. The van der Waals surface area contributed by atoms with Crippen LogP contribution in [0.4, 0.5) is 8.78 Å². The van der Waals surface area contributed by atoms with Gasteiger partial charge in [-0.05, 0) is 76.2 Å². The molecule has 0 amide bonds. The Morgan fingerprint density at radius 1 is 0.750 bits per heavy atom. The molecule has 0 fully saturated rings. The number of hydrogen-bond donors (Lipinski definition) is 1. The van der Waals surface area contributed by atoms with E-state index in [2.05, 4.69) is 0 Å². The zero-order chi connectivity index (χ0) is 16.7. The number of benzene rings is 3. The summed E-state index contributed by atoms with van der Waals surface area (Å²) in [4.78, 5) is 0.